The second-order valence-electron chi connectivity index (χ2n) is 4.62. The summed E-state index contributed by atoms with van der Waals surface area (Å²) in [6, 6.07) is 0. The summed E-state index contributed by atoms with van der Waals surface area (Å²) >= 11 is 0. The fourth-order valence-electron chi connectivity index (χ4n) is 1.63. The Morgan fingerprint density at radius 1 is 0.500 bits per heavy atom. The molecule has 0 aliphatic rings. The molecule has 0 aromatic carbocycles. The van der Waals surface area contributed by atoms with Crippen molar-refractivity contribution in [3.05, 3.63) is 48.6 Å². The molecule has 0 radical (unpaired) electrons. The van der Waals surface area contributed by atoms with Gasteiger partial charge in [0, 0.05) is 0 Å². The maximum Gasteiger partial charge on any atom is -0.0348 e. The van der Waals surface area contributed by atoms with E-state index in [-0.39, 0.29) is 0 Å². The van der Waals surface area contributed by atoms with Crippen LogP contribution in [0.4, 0.5) is 0 Å². The van der Waals surface area contributed by atoms with Crippen molar-refractivity contribution in [3.63, 3.8) is 0 Å². The summed E-state index contributed by atoms with van der Waals surface area (Å²) in [6.07, 6.45) is 27.5. The van der Waals surface area contributed by atoms with E-state index >= 15 is 0 Å². The summed E-state index contributed by atoms with van der Waals surface area (Å²) in [6.45, 7) is 4.48. The van der Waals surface area contributed by atoms with Crippen molar-refractivity contribution in [2.75, 3.05) is 0 Å². The maximum atomic E-state index is 2.25. The highest BCUT2D eigenvalue weighted by molar-refractivity contribution is 5.15. The first kappa shape index (κ1) is 17.0. The Balaban J connectivity index is 3.44. The molecule has 0 heteroatoms. The normalized spacial score (nSPS) is 12.8. The standard InChI is InChI=1S/C18H30/c1-3-5-7-9-11-13-15-17-18-16-14-12-10-8-6-4-2/h11-18H,3-10H2,1-2H3/b13-11+,14-12+,17-15+,18-16+. The minimum atomic E-state index is 1.21. The molecule has 0 atom stereocenters. The van der Waals surface area contributed by atoms with Gasteiger partial charge in [-0.1, -0.05) is 88.1 Å². The third-order valence-electron chi connectivity index (χ3n) is 2.78. The molecule has 0 aromatic heterocycles. The molecule has 0 aliphatic heterocycles. The zero-order chi connectivity index (χ0) is 13.3. The maximum absolute atomic E-state index is 2.25. The highest BCUT2D eigenvalue weighted by Crippen LogP contribution is 2.00. The van der Waals surface area contributed by atoms with E-state index in [2.05, 4.69) is 62.5 Å². The number of unbranched alkanes of at least 4 members (excludes halogenated alkanes) is 6. The van der Waals surface area contributed by atoms with E-state index in [1.54, 1.807) is 0 Å². The molecule has 0 saturated heterocycles. The van der Waals surface area contributed by atoms with Crippen molar-refractivity contribution in [3.8, 4) is 0 Å². The van der Waals surface area contributed by atoms with Gasteiger partial charge in [-0.05, 0) is 25.7 Å². The summed E-state index contributed by atoms with van der Waals surface area (Å²) in [5.41, 5.74) is 0. The number of rotatable bonds is 11. The van der Waals surface area contributed by atoms with E-state index in [0.29, 0.717) is 0 Å². The van der Waals surface area contributed by atoms with Crippen LogP contribution in [0.2, 0.25) is 0 Å². The third-order valence-corrected chi connectivity index (χ3v) is 2.78. The molecule has 0 unspecified atom stereocenters. The van der Waals surface area contributed by atoms with Crippen LogP contribution in [0.15, 0.2) is 48.6 Å². The van der Waals surface area contributed by atoms with Crippen LogP contribution in [-0.4, -0.2) is 0 Å². The lowest BCUT2D eigenvalue weighted by atomic mass is 10.2. The van der Waals surface area contributed by atoms with Crippen molar-refractivity contribution in [2.45, 2.75) is 65.2 Å². The number of allylic oxidation sites excluding steroid dienone is 8. The average molecular weight is 246 g/mol. The molecule has 0 nitrogen and oxygen atoms in total. The van der Waals surface area contributed by atoms with Crippen LogP contribution in [0.3, 0.4) is 0 Å². The van der Waals surface area contributed by atoms with Gasteiger partial charge in [-0.3, -0.25) is 0 Å². The number of hydrogen-bond donors (Lipinski definition) is 0. The zero-order valence-corrected chi connectivity index (χ0v) is 12.3. The number of hydrogen-bond acceptors (Lipinski definition) is 0. The Kier molecular flexibility index (Phi) is 15.0. The average Bonchev–Trinajstić information content (AvgIpc) is 2.39. The van der Waals surface area contributed by atoms with Gasteiger partial charge in [-0.15, -0.1) is 0 Å². The van der Waals surface area contributed by atoms with Crippen LogP contribution in [0.5, 0.6) is 0 Å². The molecule has 0 aliphatic carbocycles. The van der Waals surface area contributed by atoms with Gasteiger partial charge in [0.15, 0.2) is 0 Å². The van der Waals surface area contributed by atoms with Gasteiger partial charge >= 0.3 is 0 Å². The van der Waals surface area contributed by atoms with Gasteiger partial charge in [0.1, 0.15) is 0 Å². The third kappa shape index (κ3) is 15.0. The Hall–Kier alpha value is -1.04. The molecule has 0 heterocycles. The molecule has 0 bridgehead atoms. The summed E-state index contributed by atoms with van der Waals surface area (Å²) in [5.74, 6) is 0. The smallest absolute Gasteiger partial charge is 0.0348 e. The zero-order valence-electron chi connectivity index (χ0n) is 12.3. The Morgan fingerprint density at radius 2 is 0.889 bits per heavy atom. The molecule has 0 spiro atoms. The lowest BCUT2D eigenvalue weighted by Crippen LogP contribution is -1.69. The monoisotopic (exact) mass is 246 g/mol. The molecule has 0 N–H and O–H groups in total. The van der Waals surface area contributed by atoms with Crippen molar-refractivity contribution >= 4 is 0 Å². The van der Waals surface area contributed by atoms with Gasteiger partial charge in [0.05, 0.1) is 0 Å². The van der Waals surface area contributed by atoms with E-state index in [0.717, 1.165) is 0 Å². The van der Waals surface area contributed by atoms with Crippen molar-refractivity contribution in [2.24, 2.45) is 0 Å². The van der Waals surface area contributed by atoms with E-state index < -0.39 is 0 Å². The molecule has 0 amide bonds. The summed E-state index contributed by atoms with van der Waals surface area (Å²) in [7, 11) is 0. The topological polar surface area (TPSA) is 0 Å². The largest absolute Gasteiger partial charge is 0.0845 e. The Bertz CT molecular complexity index is 225. The highest BCUT2D eigenvalue weighted by Gasteiger charge is 1.80. The lowest BCUT2D eigenvalue weighted by Gasteiger charge is -1.89. The van der Waals surface area contributed by atoms with E-state index in [1.165, 1.54) is 51.4 Å². The molecule has 0 aromatic rings. The summed E-state index contributed by atoms with van der Waals surface area (Å²) in [5, 5.41) is 0. The predicted molar refractivity (Wildman–Crippen MR) is 84.8 cm³/mol. The Labute approximate surface area is 114 Å². The van der Waals surface area contributed by atoms with E-state index in [4.69, 9.17) is 0 Å². The first-order valence-corrected chi connectivity index (χ1v) is 7.56. The second-order valence-corrected chi connectivity index (χ2v) is 4.62. The van der Waals surface area contributed by atoms with E-state index in [1.807, 2.05) is 0 Å². The van der Waals surface area contributed by atoms with Crippen LogP contribution in [0, 0.1) is 0 Å². The van der Waals surface area contributed by atoms with Crippen molar-refractivity contribution < 1.29 is 0 Å². The molecular formula is C18H30. The quantitative estimate of drug-likeness (QED) is 0.293. The second kappa shape index (κ2) is 16.0. The Morgan fingerprint density at radius 3 is 1.28 bits per heavy atom. The fraction of sp³-hybridized carbons (Fsp3) is 0.556. The van der Waals surface area contributed by atoms with Crippen molar-refractivity contribution in [1.29, 1.82) is 0 Å². The molecule has 18 heavy (non-hydrogen) atoms. The summed E-state index contributed by atoms with van der Waals surface area (Å²) in [4.78, 5) is 0. The van der Waals surface area contributed by atoms with Gasteiger partial charge in [-0.25, -0.2) is 0 Å². The minimum Gasteiger partial charge on any atom is -0.0845 e. The van der Waals surface area contributed by atoms with Crippen LogP contribution in [-0.2, 0) is 0 Å². The SMILES string of the molecule is CCCCC/C=C/C=C/C=C/C=C/CCCCC. The predicted octanol–water partition coefficient (Wildman–Crippen LogP) is 6.37. The molecule has 102 valence electrons. The molecule has 0 saturated carbocycles. The summed E-state index contributed by atoms with van der Waals surface area (Å²) < 4.78 is 0. The van der Waals surface area contributed by atoms with Gasteiger partial charge in [-0.2, -0.15) is 0 Å². The first-order valence-electron chi connectivity index (χ1n) is 7.56. The minimum absolute atomic E-state index is 1.21. The van der Waals surface area contributed by atoms with Gasteiger partial charge in [0.2, 0.25) is 0 Å². The van der Waals surface area contributed by atoms with E-state index in [9.17, 15) is 0 Å². The van der Waals surface area contributed by atoms with Crippen molar-refractivity contribution in [1.82, 2.24) is 0 Å². The highest BCUT2D eigenvalue weighted by atomic mass is 13.9. The first-order chi connectivity index (χ1) is 8.91. The molecule has 0 fully saturated rings. The van der Waals surface area contributed by atoms with Crippen LogP contribution in [0.25, 0.3) is 0 Å². The van der Waals surface area contributed by atoms with Crippen LogP contribution < -0.4 is 0 Å². The fourth-order valence-corrected chi connectivity index (χ4v) is 1.63. The van der Waals surface area contributed by atoms with Gasteiger partial charge in [0.25, 0.3) is 0 Å². The van der Waals surface area contributed by atoms with Gasteiger partial charge < -0.3 is 0 Å². The molecular weight excluding hydrogens is 216 g/mol. The van der Waals surface area contributed by atoms with Crippen LogP contribution in [0.1, 0.15) is 65.2 Å². The van der Waals surface area contributed by atoms with Crippen LogP contribution >= 0.6 is 0 Å². The lowest BCUT2D eigenvalue weighted by molar-refractivity contribution is 0.729. The molecule has 0 rings (SSSR count).